The molecule has 3 aromatic rings. The van der Waals surface area contributed by atoms with Crippen LogP contribution in [-0.4, -0.2) is 28.1 Å². The summed E-state index contributed by atoms with van der Waals surface area (Å²) in [5.41, 5.74) is 0.353. The van der Waals surface area contributed by atoms with Gasteiger partial charge in [-0.15, -0.1) is 0 Å². The molecule has 0 bridgehead atoms. The van der Waals surface area contributed by atoms with Crippen LogP contribution in [0.15, 0.2) is 47.0 Å². The van der Waals surface area contributed by atoms with Crippen molar-refractivity contribution in [2.24, 2.45) is 0 Å². The van der Waals surface area contributed by atoms with E-state index in [0.717, 1.165) is 5.56 Å². The molecule has 0 unspecified atom stereocenters. The van der Waals surface area contributed by atoms with Crippen LogP contribution in [0, 0.1) is 10.1 Å². The number of halogens is 1. The third-order valence-electron chi connectivity index (χ3n) is 3.70. The lowest BCUT2D eigenvalue weighted by Gasteiger charge is -2.06. The van der Waals surface area contributed by atoms with Crippen molar-refractivity contribution in [1.82, 2.24) is 10.1 Å². The van der Waals surface area contributed by atoms with Gasteiger partial charge in [0, 0.05) is 17.0 Å². The van der Waals surface area contributed by atoms with E-state index in [1.165, 1.54) is 25.3 Å². The molecule has 1 aromatic heterocycles. The Labute approximate surface area is 164 Å². The van der Waals surface area contributed by atoms with Crippen molar-refractivity contribution in [1.29, 1.82) is 0 Å². The van der Waals surface area contributed by atoms with Crippen molar-refractivity contribution in [3.63, 3.8) is 0 Å². The molecule has 0 fully saturated rings. The molecule has 144 valence electrons. The van der Waals surface area contributed by atoms with Crippen molar-refractivity contribution in [2.45, 2.75) is 12.8 Å². The molecule has 0 radical (unpaired) electrons. The van der Waals surface area contributed by atoms with Gasteiger partial charge in [0.2, 0.25) is 17.5 Å². The fourth-order valence-electron chi connectivity index (χ4n) is 2.31. The summed E-state index contributed by atoms with van der Waals surface area (Å²) in [6, 6.07) is 10.8. The van der Waals surface area contributed by atoms with Crippen LogP contribution in [0.25, 0.3) is 11.4 Å². The number of aromatic nitrogens is 2. The molecule has 9 nitrogen and oxygen atoms in total. The standard InChI is InChI=1S/C18H14ClN3O6/c1-26-13-6-7-15(14(10-13)22(24)25)27-17(23)9-8-16-20-18(21-28-16)11-2-4-12(19)5-3-11/h2-7,10H,8-9H2,1H3. The Kier molecular flexibility index (Phi) is 5.85. The van der Waals surface area contributed by atoms with Gasteiger partial charge in [-0.05, 0) is 36.4 Å². The van der Waals surface area contributed by atoms with Gasteiger partial charge in [-0.2, -0.15) is 4.98 Å². The first-order chi connectivity index (χ1) is 13.5. The first-order valence-corrected chi connectivity index (χ1v) is 8.45. The van der Waals surface area contributed by atoms with Crippen molar-refractivity contribution in [3.05, 3.63) is 63.5 Å². The van der Waals surface area contributed by atoms with Crippen molar-refractivity contribution in [3.8, 4) is 22.9 Å². The number of nitro benzene ring substituents is 1. The van der Waals surface area contributed by atoms with Gasteiger partial charge in [-0.25, -0.2) is 0 Å². The zero-order valence-electron chi connectivity index (χ0n) is 14.6. The number of aryl methyl sites for hydroxylation is 1. The van der Waals surface area contributed by atoms with Crippen LogP contribution in [-0.2, 0) is 11.2 Å². The number of rotatable bonds is 7. The van der Waals surface area contributed by atoms with Crippen LogP contribution in [0.5, 0.6) is 11.5 Å². The number of carbonyl (C=O) groups is 1. The summed E-state index contributed by atoms with van der Waals surface area (Å²) < 4.78 is 15.1. The Bertz CT molecular complexity index is 1000. The van der Waals surface area contributed by atoms with Gasteiger partial charge in [0.05, 0.1) is 24.5 Å². The van der Waals surface area contributed by atoms with Crippen LogP contribution in [0.1, 0.15) is 12.3 Å². The van der Waals surface area contributed by atoms with Gasteiger partial charge in [-0.3, -0.25) is 14.9 Å². The fraction of sp³-hybridized carbons (Fsp3) is 0.167. The highest BCUT2D eigenvalue weighted by Gasteiger charge is 2.20. The van der Waals surface area contributed by atoms with E-state index in [9.17, 15) is 14.9 Å². The van der Waals surface area contributed by atoms with Gasteiger partial charge < -0.3 is 14.0 Å². The molecule has 0 spiro atoms. The Hall–Kier alpha value is -3.46. The normalized spacial score (nSPS) is 10.5. The van der Waals surface area contributed by atoms with E-state index < -0.39 is 10.9 Å². The number of esters is 1. The smallest absolute Gasteiger partial charge is 0.315 e. The van der Waals surface area contributed by atoms with Crippen molar-refractivity contribution < 1.29 is 23.7 Å². The fourth-order valence-corrected chi connectivity index (χ4v) is 2.43. The highest BCUT2D eigenvalue weighted by Crippen LogP contribution is 2.31. The zero-order valence-corrected chi connectivity index (χ0v) is 15.4. The summed E-state index contributed by atoms with van der Waals surface area (Å²) in [6.45, 7) is 0. The van der Waals surface area contributed by atoms with E-state index >= 15 is 0 Å². The highest BCUT2D eigenvalue weighted by molar-refractivity contribution is 6.30. The minimum absolute atomic E-state index is 0.0918. The van der Waals surface area contributed by atoms with Crippen LogP contribution in [0.3, 0.4) is 0 Å². The summed E-state index contributed by atoms with van der Waals surface area (Å²) in [4.78, 5) is 26.7. The summed E-state index contributed by atoms with van der Waals surface area (Å²) in [5.74, 6) is 0.0618. The number of methoxy groups -OCH3 is 1. The van der Waals surface area contributed by atoms with Gasteiger partial charge >= 0.3 is 11.7 Å². The number of nitrogens with zero attached hydrogens (tertiary/aromatic N) is 3. The number of hydrogen-bond acceptors (Lipinski definition) is 8. The maximum Gasteiger partial charge on any atom is 0.315 e. The molecule has 0 aliphatic carbocycles. The molecular weight excluding hydrogens is 390 g/mol. The van der Waals surface area contributed by atoms with Crippen LogP contribution in [0.4, 0.5) is 5.69 Å². The molecule has 0 aliphatic heterocycles. The first kappa shape index (κ1) is 19.3. The predicted molar refractivity (Wildman–Crippen MR) is 98.3 cm³/mol. The average Bonchev–Trinajstić information content (AvgIpc) is 3.16. The Morgan fingerprint density at radius 1 is 1.25 bits per heavy atom. The van der Waals surface area contributed by atoms with Gasteiger partial charge in [0.1, 0.15) is 5.75 Å². The maximum atomic E-state index is 12.0. The molecule has 0 aliphatic rings. The number of carbonyl (C=O) groups excluding carboxylic acids is 1. The Morgan fingerprint density at radius 3 is 2.68 bits per heavy atom. The van der Waals surface area contributed by atoms with Crippen molar-refractivity contribution >= 4 is 23.3 Å². The second-order valence-corrected chi connectivity index (χ2v) is 6.02. The van der Waals surface area contributed by atoms with E-state index in [0.29, 0.717) is 10.8 Å². The molecule has 3 rings (SSSR count). The van der Waals surface area contributed by atoms with Gasteiger partial charge in [-0.1, -0.05) is 16.8 Å². The maximum absolute atomic E-state index is 12.0. The number of ether oxygens (including phenoxy) is 2. The van der Waals surface area contributed by atoms with Crippen molar-refractivity contribution in [2.75, 3.05) is 7.11 Å². The molecule has 0 atom stereocenters. The van der Waals surface area contributed by atoms with Crippen LogP contribution < -0.4 is 9.47 Å². The largest absolute Gasteiger partial charge is 0.496 e. The third-order valence-corrected chi connectivity index (χ3v) is 3.95. The molecular formula is C18H14ClN3O6. The van der Waals surface area contributed by atoms with Gasteiger partial charge in [0.15, 0.2) is 0 Å². The number of benzene rings is 2. The second kappa shape index (κ2) is 8.49. The van der Waals surface area contributed by atoms with Crippen LogP contribution >= 0.6 is 11.6 Å². The predicted octanol–water partition coefficient (Wildman–Crippen LogP) is 3.85. The quantitative estimate of drug-likeness (QED) is 0.252. The Morgan fingerprint density at radius 2 is 2.00 bits per heavy atom. The van der Waals surface area contributed by atoms with E-state index in [4.69, 9.17) is 25.6 Å². The molecule has 0 saturated heterocycles. The van der Waals surface area contributed by atoms with Gasteiger partial charge in [0.25, 0.3) is 0 Å². The van der Waals surface area contributed by atoms with E-state index in [-0.39, 0.29) is 35.9 Å². The highest BCUT2D eigenvalue weighted by atomic mass is 35.5. The number of nitro groups is 1. The zero-order chi connectivity index (χ0) is 20.1. The Balaban J connectivity index is 1.62. The summed E-state index contributed by atoms with van der Waals surface area (Å²) >= 11 is 5.84. The number of hydrogen-bond donors (Lipinski definition) is 0. The first-order valence-electron chi connectivity index (χ1n) is 8.08. The average molecular weight is 404 g/mol. The molecule has 0 saturated carbocycles. The second-order valence-electron chi connectivity index (χ2n) is 5.58. The minimum Gasteiger partial charge on any atom is -0.496 e. The molecule has 0 N–H and O–H groups in total. The topological polar surface area (TPSA) is 118 Å². The minimum atomic E-state index is -0.667. The third kappa shape index (κ3) is 4.63. The summed E-state index contributed by atoms with van der Waals surface area (Å²) in [7, 11) is 1.38. The van der Waals surface area contributed by atoms with Crippen LogP contribution in [0.2, 0.25) is 5.02 Å². The van der Waals surface area contributed by atoms with E-state index in [1.54, 1.807) is 24.3 Å². The SMILES string of the molecule is COc1ccc(OC(=O)CCc2nc(-c3ccc(Cl)cc3)no2)c([N+](=O)[O-])c1. The molecule has 2 aromatic carbocycles. The molecule has 1 heterocycles. The lowest BCUT2D eigenvalue weighted by molar-refractivity contribution is -0.385. The lowest BCUT2D eigenvalue weighted by Crippen LogP contribution is -2.10. The molecule has 0 amide bonds. The van der Waals surface area contributed by atoms with E-state index in [1.807, 2.05) is 0 Å². The molecule has 10 heteroatoms. The summed E-state index contributed by atoms with van der Waals surface area (Å²) in [6.07, 6.45) is 0.0365. The lowest BCUT2D eigenvalue weighted by atomic mass is 10.2. The monoisotopic (exact) mass is 403 g/mol. The van der Waals surface area contributed by atoms with E-state index in [2.05, 4.69) is 10.1 Å². The summed E-state index contributed by atoms with van der Waals surface area (Å²) in [5, 5.41) is 15.6. The molecule has 28 heavy (non-hydrogen) atoms.